The van der Waals surface area contributed by atoms with Gasteiger partial charge < -0.3 is 19.9 Å². The fourth-order valence-electron chi connectivity index (χ4n) is 2.81. The summed E-state index contributed by atoms with van der Waals surface area (Å²) in [7, 11) is 0. The second-order valence-electron chi connectivity index (χ2n) is 6.44. The van der Waals surface area contributed by atoms with Gasteiger partial charge in [0.05, 0.1) is 17.8 Å². The molecule has 8 heteroatoms. The van der Waals surface area contributed by atoms with Crippen LogP contribution in [0.1, 0.15) is 56.5 Å². The fraction of sp³-hybridized carbons (Fsp3) is 0.421. The van der Waals surface area contributed by atoms with Crippen molar-refractivity contribution < 1.29 is 24.2 Å². The normalized spacial score (nSPS) is 17.5. The van der Waals surface area contributed by atoms with Gasteiger partial charge in [-0.2, -0.15) is 0 Å². The maximum absolute atomic E-state index is 12.4. The van der Waals surface area contributed by atoms with Crippen molar-refractivity contribution in [2.45, 2.75) is 38.8 Å². The highest BCUT2D eigenvalue weighted by molar-refractivity contribution is 7.13. The maximum atomic E-state index is 12.4. The molecule has 0 bridgehead atoms. The highest BCUT2D eigenvalue weighted by Gasteiger charge is 2.20. The standard InChI is InChI=1S/C19H22N2O5S/c1-11-16(19(23)24)27-18(21-11)12(2)20-17(22)13-5-7-14(8-6-13)26-10-15-4-3-9-25-15/h5-8,12,15H,3-4,9-10H2,1-2H3,(H,20,22)(H,23,24). The first-order valence-electron chi connectivity index (χ1n) is 8.80. The number of nitrogens with zero attached hydrogens (tertiary/aromatic N) is 1. The first-order chi connectivity index (χ1) is 12.9. The predicted octanol–water partition coefficient (Wildman–Crippen LogP) is 3.20. The Bertz CT molecular complexity index is 812. The zero-order valence-corrected chi connectivity index (χ0v) is 16.0. The van der Waals surface area contributed by atoms with Crippen molar-refractivity contribution in [1.29, 1.82) is 0 Å². The molecular formula is C19H22N2O5S. The molecule has 2 N–H and O–H groups in total. The van der Waals surface area contributed by atoms with Crippen LogP contribution < -0.4 is 10.1 Å². The second kappa shape index (κ2) is 8.49. The van der Waals surface area contributed by atoms with E-state index in [1.54, 1.807) is 38.1 Å². The molecule has 0 radical (unpaired) electrons. The molecule has 0 aliphatic carbocycles. The number of rotatable bonds is 7. The summed E-state index contributed by atoms with van der Waals surface area (Å²) in [4.78, 5) is 28.0. The number of ether oxygens (including phenoxy) is 2. The Balaban J connectivity index is 1.57. The van der Waals surface area contributed by atoms with Crippen molar-refractivity contribution >= 4 is 23.2 Å². The van der Waals surface area contributed by atoms with Crippen molar-refractivity contribution in [3.8, 4) is 5.75 Å². The van der Waals surface area contributed by atoms with E-state index in [1.165, 1.54) is 0 Å². The minimum absolute atomic E-state index is 0.145. The number of thiazole rings is 1. The summed E-state index contributed by atoms with van der Waals surface area (Å²) < 4.78 is 11.2. The predicted molar refractivity (Wildman–Crippen MR) is 101 cm³/mol. The molecule has 7 nitrogen and oxygen atoms in total. The lowest BCUT2D eigenvalue weighted by atomic mass is 10.2. The molecule has 2 unspecified atom stereocenters. The van der Waals surface area contributed by atoms with E-state index < -0.39 is 5.97 Å². The van der Waals surface area contributed by atoms with Crippen LogP contribution in [0.2, 0.25) is 0 Å². The third kappa shape index (κ3) is 4.84. The van der Waals surface area contributed by atoms with E-state index in [-0.39, 0.29) is 22.9 Å². The Morgan fingerprint density at radius 2 is 2.15 bits per heavy atom. The van der Waals surface area contributed by atoms with Crippen LogP contribution in [0.4, 0.5) is 0 Å². The average molecular weight is 390 g/mol. The topological polar surface area (TPSA) is 97.8 Å². The lowest BCUT2D eigenvalue weighted by Gasteiger charge is -2.13. The highest BCUT2D eigenvalue weighted by Crippen LogP contribution is 2.24. The molecular weight excluding hydrogens is 368 g/mol. The number of carboxylic acid groups (broad SMARTS) is 1. The smallest absolute Gasteiger partial charge is 0.347 e. The van der Waals surface area contributed by atoms with E-state index in [0.717, 1.165) is 30.8 Å². The van der Waals surface area contributed by atoms with Crippen LogP contribution in [0.25, 0.3) is 0 Å². The van der Waals surface area contributed by atoms with Gasteiger partial charge in [-0.15, -0.1) is 11.3 Å². The number of aromatic nitrogens is 1. The largest absolute Gasteiger partial charge is 0.491 e. The maximum Gasteiger partial charge on any atom is 0.347 e. The molecule has 1 aromatic heterocycles. The van der Waals surface area contributed by atoms with Gasteiger partial charge in [0.2, 0.25) is 0 Å². The first kappa shape index (κ1) is 19.3. The van der Waals surface area contributed by atoms with Crippen molar-refractivity contribution in [1.82, 2.24) is 10.3 Å². The number of benzene rings is 1. The van der Waals surface area contributed by atoms with Crippen LogP contribution in [0.3, 0.4) is 0 Å². The van der Waals surface area contributed by atoms with Crippen molar-refractivity contribution in [2.24, 2.45) is 0 Å². The minimum atomic E-state index is -1.01. The van der Waals surface area contributed by atoms with Gasteiger partial charge in [-0.05, 0) is 51.0 Å². The molecule has 1 aliphatic rings. The van der Waals surface area contributed by atoms with E-state index >= 15 is 0 Å². The summed E-state index contributed by atoms with van der Waals surface area (Å²) in [6.45, 7) is 4.73. The number of aromatic carboxylic acids is 1. The van der Waals surface area contributed by atoms with E-state index in [4.69, 9.17) is 14.6 Å². The van der Waals surface area contributed by atoms with Crippen LogP contribution in [0, 0.1) is 6.92 Å². The van der Waals surface area contributed by atoms with Gasteiger partial charge in [0.15, 0.2) is 0 Å². The third-order valence-electron chi connectivity index (χ3n) is 4.30. The molecule has 2 aromatic rings. The average Bonchev–Trinajstić information content (AvgIpc) is 3.29. The van der Waals surface area contributed by atoms with Crippen LogP contribution >= 0.6 is 11.3 Å². The molecule has 1 amide bonds. The van der Waals surface area contributed by atoms with Crippen molar-refractivity contribution in [3.05, 3.63) is 45.4 Å². The van der Waals surface area contributed by atoms with Crippen LogP contribution in [-0.2, 0) is 4.74 Å². The number of aryl methyl sites for hydroxylation is 1. The van der Waals surface area contributed by atoms with Gasteiger partial charge >= 0.3 is 5.97 Å². The zero-order valence-electron chi connectivity index (χ0n) is 15.2. The van der Waals surface area contributed by atoms with Gasteiger partial charge in [-0.1, -0.05) is 0 Å². The highest BCUT2D eigenvalue weighted by atomic mass is 32.1. The molecule has 1 aliphatic heterocycles. The Morgan fingerprint density at radius 3 is 2.74 bits per heavy atom. The quantitative estimate of drug-likeness (QED) is 0.753. The Morgan fingerprint density at radius 1 is 1.41 bits per heavy atom. The molecule has 144 valence electrons. The van der Waals surface area contributed by atoms with Crippen molar-refractivity contribution in [2.75, 3.05) is 13.2 Å². The van der Waals surface area contributed by atoms with Gasteiger partial charge in [0.25, 0.3) is 5.91 Å². The number of carboxylic acids is 1. The third-order valence-corrected chi connectivity index (χ3v) is 5.63. The summed E-state index contributed by atoms with van der Waals surface area (Å²) in [5, 5.41) is 12.5. The minimum Gasteiger partial charge on any atom is -0.491 e. The number of nitrogens with one attached hydrogen (secondary N) is 1. The molecule has 2 heterocycles. The molecule has 0 spiro atoms. The molecule has 2 atom stereocenters. The Kier molecular flexibility index (Phi) is 6.08. The van der Waals surface area contributed by atoms with Crippen molar-refractivity contribution in [3.63, 3.8) is 0 Å². The molecule has 3 rings (SSSR count). The molecule has 27 heavy (non-hydrogen) atoms. The summed E-state index contributed by atoms with van der Waals surface area (Å²) >= 11 is 1.08. The number of carbonyl (C=O) groups is 2. The van der Waals surface area contributed by atoms with E-state index in [0.29, 0.717) is 28.6 Å². The Labute approximate surface area is 161 Å². The van der Waals surface area contributed by atoms with E-state index in [9.17, 15) is 9.59 Å². The first-order valence-corrected chi connectivity index (χ1v) is 9.61. The van der Waals surface area contributed by atoms with Crippen LogP contribution in [-0.4, -0.2) is 41.3 Å². The zero-order chi connectivity index (χ0) is 19.4. The molecule has 1 fully saturated rings. The number of hydrogen-bond donors (Lipinski definition) is 2. The molecule has 0 saturated carbocycles. The summed E-state index contributed by atoms with van der Waals surface area (Å²) in [5.41, 5.74) is 0.953. The Hall–Kier alpha value is -2.45. The van der Waals surface area contributed by atoms with E-state index in [2.05, 4.69) is 10.3 Å². The lowest BCUT2D eigenvalue weighted by molar-refractivity contribution is 0.0679. The molecule has 1 saturated heterocycles. The lowest BCUT2D eigenvalue weighted by Crippen LogP contribution is -2.26. The van der Waals surface area contributed by atoms with Crippen LogP contribution in [0.5, 0.6) is 5.75 Å². The number of hydrogen-bond acceptors (Lipinski definition) is 6. The van der Waals surface area contributed by atoms with Gasteiger partial charge in [-0.25, -0.2) is 9.78 Å². The number of carbonyl (C=O) groups excluding carboxylic acids is 1. The SMILES string of the molecule is Cc1nc(C(C)NC(=O)c2ccc(OCC3CCCO3)cc2)sc1C(=O)O. The fourth-order valence-corrected chi connectivity index (χ4v) is 3.72. The molecule has 1 aromatic carbocycles. The second-order valence-corrected chi connectivity index (χ2v) is 7.47. The number of amides is 1. The summed E-state index contributed by atoms with van der Waals surface area (Å²) in [5.74, 6) is -0.567. The van der Waals surface area contributed by atoms with Gasteiger partial charge in [0.1, 0.15) is 22.2 Å². The summed E-state index contributed by atoms with van der Waals surface area (Å²) in [6, 6.07) is 6.52. The monoisotopic (exact) mass is 390 g/mol. The van der Waals surface area contributed by atoms with E-state index in [1.807, 2.05) is 0 Å². The van der Waals surface area contributed by atoms with Crippen LogP contribution in [0.15, 0.2) is 24.3 Å². The van der Waals surface area contributed by atoms with Gasteiger partial charge in [-0.3, -0.25) is 4.79 Å². The van der Waals surface area contributed by atoms with Gasteiger partial charge in [0, 0.05) is 12.2 Å². The summed E-state index contributed by atoms with van der Waals surface area (Å²) in [6.07, 6.45) is 2.22.